The van der Waals surface area contributed by atoms with E-state index in [-0.39, 0.29) is 0 Å². The molecule has 2 aromatic rings. The third-order valence-electron chi connectivity index (χ3n) is 4.23. The zero-order valence-corrected chi connectivity index (χ0v) is 22.3. The van der Waals surface area contributed by atoms with Gasteiger partial charge in [-0.2, -0.15) is 10.2 Å². The van der Waals surface area contributed by atoms with Gasteiger partial charge in [0.15, 0.2) is 10.2 Å². The van der Waals surface area contributed by atoms with E-state index in [0.717, 1.165) is 32.3 Å². The maximum Gasteiger partial charge on any atom is 0.189 e. The molecule has 0 heterocycles. The Morgan fingerprint density at radius 2 is 1.03 bits per heavy atom. The maximum absolute atomic E-state index is 5.26. The number of hydrazone groups is 2. The van der Waals surface area contributed by atoms with Crippen LogP contribution in [0.5, 0.6) is 0 Å². The molecular weight excluding hydrogens is 477 g/mol. The maximum atomic E-state index is 5.26. The van der Waals surface area contributed by atoms with Crippen LogP contribution < -0.4 is 10.9 Å². The van der Waals surface area contributed by atoms with Gasteiger partial charge in [0.2, 0.25) is 0 Å². The summed E-state index contributed by atoms with van der Waals surface area (Å²) in [6.45, 7) is 3.94. The third-order valence-corrected chi connectivity index (χ3v) is 7.62. The summed E-state index contributed by atoms with van der Waals surface area (Å²) in [7, 11) is 10.9. The lowest BCUT2D eigenvalue weighted by Crippen LogP contribution is -2.31. The molecule has 2 rings (SSSR count). The highest BCUT2D eigenvalue weighted by atomic mass is 33.1. The van der Waals surface area contributed by atoms with Gasteiger partial charge in [-0.1, -0.05) is 58.0 Å². The first kappa shape index (κ1) is 26.1. The lowest BCUT2D eigenvalue weighted by molar-refractivity contribution is 0.606. The Kier molecular flexibility index (Phi) is 10.4. The average Bonchev–Trinajstić information content (AvgIpc) is 2.79. The predicted molar refractivity (Wildman–Crippen MR) is 148 cm³/mol. The summed E-state index contributed by atoms with van der Waals surface area (Å²) in [4.78, 5) is 5.85. The smallest absolute Gasteiger partial charge is 0.189 e. The van der Waals surface area contributed by atoms with E-state index >= 15 is 0 Å². The largest absolute Gasteiger partial charge is 0.354 e. The standard InChI is InChI=1S/C22H28N6S4/c1-15(23-25-21(29)27(3)4)17-11-7-9-13-19(17)31-32-20-14-10-8-12-18(20)16(2)24-26-22(30)28(5)6/h7-14H,1-6H3,(H,25,29)(H,26,30)/b23-15+,24-16+. The fourth-order valence-electron chi connectivity index (χ4n) is 2.35. The van der Waals surface area contributed by atoms with E-state index < -0.39 is 0 Å². The van der Waals surface area contributed by atoms with Crippen molar-refractivity contribution in [3.63, 3.8) is 0 Å². The topological polar surface area (TPSA) is 55.3 Å². The van der Waals surface area contributed by atoms with E-state index in [1.165, 1.54) is 0 Å². The summed E-state index contributed by atoms with van der Waals surface area (Å²) < 4.78 is 0. The zero-order chi connectivity index (χ0) is 23.7. The van der Waals surface area contributed by atoms with Crippen LogP contribution in [-0.2, 0) is 0 Å². The predicted octanol–water partition coefficient (Wildman–Crippen LogP) is 4.81. The van der Waals surface area contributed by atoms with Crippen molar-refractivity contribution >= 4 is 67.7 Å². The Morgan fingerprint density at radius 1 is 0.688 bits per heavy atom. The lowest BCUT2D eigenvalue weighted by atomic mass is 10.1. The minimum atomic E-state index is 0.565. The first-order valence-electron chi connectivity index (χ1n) is 9.77. The van der Waals surface area contributed by atoms with Crippen LogP contribution in [0.4, 0.5) is 0 Å². The first-order valence-corrected chi connectivity index (χ1v) is 12.7. The van der Waals surface area contributed by atoms with Gasteiger partial charge < -0.3 is 9.80 Å². The van der Waals surface area contributed by atoms with Crippen molar-refractivity contribution in [3.05, 3.63) is 59.7 Å². The molecule has 0 bridgehead atoms. The molecule has 0 unspecified atom stereocenters. The molecule has 170 valence electrons. The number of benzene rings is 2. The Morgan fingerprint density at radius 3 is 1.38 bits per heavy atom. The molecule has 32 heavy (non-hydrogen) atoms. The van der Waals surface area contributed by atoms with Crippen LogP contribution in [0.15, 0.2) is 68.5 Å². The van der Waals surface area contributed by atoms with Crippen LogP contribution in [0, 0.1) is 0 Å². The van der Waals surface area contributed by atoms with Crippen molar-refractivity contribution in [3.8, 4) is 0 Å². The Bertz CT molecular complexity index is 935. The van der Waals surface area contributed by atoms with Crippen molar-refractivity contribution in [1.82, 2.24) is 20.7 Å². The van der Waals surface area contributed by atoms with Gasteiger partial charge in [0.05, 0.1) is 11.4 Å². The quantitative estimate of drug-likeness (QED) is 0.241. The molecule has 0 fully saturated rings. The number of thiocarbonyl (C=S) groups is 2. The van der Waals surface area contributed by atoms with Crippen LogP contribution >= 0.6 is 46.0 Å². The summed E-state index contributed by atoms with van der Waals surface area (Å²) >= 11 is 10.5. The van der Waals surface area contributed by atoms with Gasteiger partial charge in [0.25, 0.3) is 0 Å². The van der Waals surface area contributed by atoms with E-state index in [0.29, 0.717) is 10.2 Å². The first-order chi connectivity index (χ1) is 15.2. The summed E-state index contributed by atoms with van der Waals surface area (Å²) in [5, 5.41) is 10.0. The molecule has 2 aromatic carbocycles. The number of rotatable bonds is 7. The molecule has 0 radical (unpaired) electrons. The van der Waals surface area contributed by atoms with Crippen molar-refractivity contribution in [1.29, 1.82) is 0 Å². The second-order valence-corrected chi connectivity index (χ2v) is 10.2. The average molecular weight is 505 g/mol. The molecule has 10 heteroatoms. The van der Waals surface area contributed by atoms with E-state index in [9.17, 15) is 0 Å². The summed E-state index contributed by atoms with van der Waals surface area (Å²) in [5.74, 6) is 0. The number of nitrogens with zero attached hydrogens (tertiary/aromatic N) is 4. The van der Waals surface area contributed by atoms with Crippen LogP contribution in [0.3, 0.4) is 0 Å². The van der Waals surface area contributed by atoms with E-state index in [1.54, 1.807) is 21.6 Å². The molecular formula is C22H28N6S4. The molecule has 0 amide bonds. The molecule has 0 atom stereocenters. The Hall–Kier alpha value is -2.14. The molecule has 0 saturated carbocycles. The van der Waals surface area contributed by atoms with Crippen LogP contribution in [0.2, 0.25) is 0 Å². The summed E-state index contributed by atoms with van der Waals surface area (Å²) in [6.07, 6.45) is 0. The minimum Gasteiger partial charge on any atom is -0.354 e. The van der Waals surface area contributed by atoms with E-state index in [2.05, 4.69) is 45.3 Å². The van der Waals surface area contributed by atoms with Gasteiger partial charge in [0.1, 0.15) is 0 Å². The summed E-state index contributed by atoms with van der Waals surface area (Å²) in [5.41, 5.74) is 9.70. The fourth-order valence-corrected chi connectivity index (χ4v) is 4.91. The molecule has 0 aromatic heterocycles. The Labute approximate surface area is 209 Å². The van der Waals surface area contributed by atoms with Crippen molar-refractivity contribution in [2.24, 2.45) is 10.2 Å². The van der Waals surface area contributed by atoms with Gasteiger partial charge in [-0.05, 0) is 50.4 Å². The molecule has 0 aliphatic carbocycles. The van der Waals surface area contributed by atoms with Crippen molar-refractivity contribution < 1.29 is 0 Å². The summed E-state index contributed by atoms with van der Waals surface area (Å²) in [6, 6.07) is 16.4. The highest BCUT2D eigenvalue weighted by Crippen LogP contribution is 2.40. The number of nitrogens with one attached hydrogen (secondary N) is 2. The molecule has 6 nitrogen and oxygen atoms in total. The third kappa shape index (κ3) is 7.77. The van der Waals surface area contributed by atoms with Gasteiger partial charge in [-0.25, -0.2) is 0 Å². The fraction of sp³-hybridized carbons (Fsp3) is 0.273. The van der Waals surface area contributed by atoms with Gasteiger partial charge in [0, 0.05) is 49.1 Å². The highest BCUT2D eigenvalue weighted by molar-refractivity contribution is 8.76. The van der Waals surface area contributed by atoms with Crippen LogP contribution in [-0.4, -0.2) is 59.6 Å². The molecule has 0 aliphatic rings. The second-order valence-electron chi connectivity index (χ2n) is 7.18. The van der Waals surface area contributed by atoms with Crippen LogP contribution in [0.25, 0.3) is 0 Å². The monoisotopic (exact) mass is 504 g/mol. The highest BCUT2D eigenvalue weighted by Gasteiger charge is 2.11. The number of hydrogen-bond donors (Lipinski definition) is 2. The molecule has 0 spiro atoms. The van der Waals surface area contributed by atoms with Crippen molar-refractivity contribution in [2.45, 2.75) is 23.6 Å². The Balaban J connectivity index is 2.19. The van der Waals surface area contributed by atoms with Gasteiger partial charge >= 0.3 is 0 Å². The van der Waals surface area contributed by atoms with Crippen molar-refractivity contribution in [2.75, 3.05) is 28.2 Å². The van der Waals surface area contributed by atoms with Gasteiger partial charge in [-0.15, -0.1) is 0 Å². The van der Waals surface area contributed by atoms with E-state index in [4.69, 9.17) is 24.4 Å². The molecule has 0 aliphatic heterocycles. The van der Waals surface area contributed by atoms with Crippen LogP contribution in [0.1, 0.15) is 25.0 Å². The zero-order valence-electron chi connectivity index (χ0n) is 19.0. The van der Waals surface area contributed by atoms with E-state index in [1.807, 2.05) is 76.1 Å². The molecule has 0 saturated heterocycles. The SMILES string of the molecule is C/C(=N\NC(=S)N(C)C)c1ccccc1SSc1ccccc1/C(C)=N/NC(=S)N(C)C. The molecule has 2 N–H and O–H groups in total. The normalized spacial score (nSPS) is 11.7. The number of hydrogen-bond acceptors (Lipinski definition) is 6. The minimum absolute atomic E-state index is 0.565. The lowest BCUT2D eigenvalue weighted by Gasteiger charge is -2.14. The second kappa shape index (κ2) is 12.8. The van der Waals surface area contributed by atoms with Gasteiger partial charge in [-0.3, -0.25) is 10.9 Å².